The number of aliphatic hydroxyl groups is 1. The van der Waals surface area contributed by atoms with E-state index in [4.69, 9.17) is 4.74 Å². The number of unbranched alkanes of at least 4 members (excludes halogenated alkanes) is 1. The Labute approximate surface area is 74.9 Å². The van der Waals surface area contributed by atoms with Crippen molar-refractivity contribution < 1.29 is 9.84 Å². The van der Waals surface area contributed by atoms with E-state index < -0.39 is 0 Å². The number of aliphatic hydroxyl groups excluding tert-OH is 1. The van der Waals surface area contributed by atoms with Gasteiger partial charge in [-0.15, -0.1) is 0 Å². The molecular weight excluding hydrogens is 152 g/mol. The maximum absolute atomic E-state index is 9.77. The average molecular weight is 172 g/mol. The third-order valence-corrected chi connectivity index (χ3v) is 2.78. The summed E-state index contributed by atoms with van der Waals surface area (Å²) in [5.41, 5.74) is 0. The van der Waals surface area contributed by atoms with Gasteiger partial charge in [-0.2, -0.15) is 0 Å². The van der Waals surface area contributed by atoms with Crippen LogP contribution >= 0.6 is 0 Å². The molecule has 3 unspecified atom stereocenters. The van der Waals surface area contributed by atoms with Crippen molar-refractivity contribution >= 4 is 0 Å². The Morgan fingerprint density at radius 1 is 1.58 bits per heavy atom. The summed E-state index contributed by atoms with van der Waals surface area (Å²) in [6.07, 6.45) is 4.39. The highest BCUT2D eigenvalue weighted by atomic mass is 16.5. The lowest BCUT2D eigenvalue weighted by Gasteiger charge is -2.20. The lowest BCUT2D eigenvalue weighted by atomic mass is 9.92. The molecule has 1 N–H and O–H groups in total. The minimum absolute atomic E-state index is 0.137. The fraction of sp³-hybridized carbons (Fsp3) is 1.00. The second-order valence-corrected chi connectivity index (χ2v) is 3.74. The van der Waals surface area contributed by atoms with Crippen LogP contribution in [-0.2, 0) is 4.74 Å². The zero-order chi connectivity index (χ0) is 8.97. The Balaban J connectivity index is 2.25. The van der Waals surface area contributed by atoms with Crippen molar-refractivity contribution in [2.75, 3.05) is 6.61 Å². The van der Waals surface area contributed by atoms with E-state index in [0.29, 0.717) is 5.92 Å². The third-order valence-electron chi connectivity index (χ3n) is 2.78. The van der Waals surface area contributed by atoms with Crippen LogP contribution in [0.2, 0.25) is 0 Å². The number of hydrogen-bond acceptors (Lipinski definition) is 2. The van der Waals surface area contributed by atoms with Gasteiger partial charge in [0.05, 0.1) is 12.2 Å². The maximum Gasteiger partial charge on any atom is 0.0600 e. The molecular formula is C10H20O2. The molecule has 3 atom stereocenters. The molecule has 0 radical (unpaired) electrons. The molecule has 1 rings (SSSR count). The summed E-state index contributed by atoms with van der Waals surface area (Å²) in [7, 11) is 0. The second kappa shape index (κ2) is 4.83. The predicted molar refractivity (Wildman–Crippen MR) is 49.1 cm³/mol. The van der Waals surface area contributed by atoms with Gasteiger partial charge < -0.3 is 9.84 Å². The van der Waals surface area contributed by atoms with Crippen molar-refractivity contribution in [3.05, 3.63) is 0 Å². The summed E-state index contributed by atoms with van der Waals surface area (Å²) >= 11 is 0. The monoisotopic (exact) mass is 172 g/mol. The molecule has 2 nitrogen and oxygen atoms in total. The summed E-state index contributed by atoms with van der Waals surface area (Å²) in [4.78, 5) is 0. The van der Waals surface area contributed by atoms with Crippen LogP contribution in [0.15, 0.2) is 0 Å². The lowest BCUT2D eigenvalue weighted by Crippen LogP contribution is -2.26. The molecule has 0 saturated carbocycles. The van der Waals surface area contributed by atoms with Crippen LogP contribution in [0.1, 0.15) is 39.5 Å². The summed E-state index contributed by atoms with van der Waals surface area (Å²) in [5, 5.41) is 9.77. The van der Waals surface area contributed by atoms with E-state index in [0.717, 1.165) is 25.9 Å². The molecule has 0 spiro atoms. The topological polar surface area (TPSA) is 29.5 Å². The van der Waals surface area contributed by atoms with Gasteiger partial charge >= 0.3 is 0 Å². The predicted octanol–water partition coefficient (Wildman–Crippen LogP) is 1.96. The molecule has 1 aliphatic heterocycles. The minimum Gasteiger partial charge on any atom is -0.393 e. The van der Waals surface area contributed by atoms with Gasteiger partial charge in [-0.05, 0) is 19.8 Å². The van der Waals surface area contributed by atoms with Gasteiger partial charge in [0.2, 0.25) is 0 Å². The van der Waals surface area contributed by atoms with Gasteiger partial charge in [0.15, 0.2) is 0 Å². The van der Waals surface area contributed by atoms with E-state index in [9.17, 15) is 5.11 Å². The van der Waals surface area contributed by atoms with Crippen molar-refractivity contribution in [3.8, 4) is 0 Å². The fourth-order valence-corrected chi connectivity index (χ4v) is 1.88. The summed E-state index contributed by atoms with van der Waals surface area (Å²) in [5.74, 6) is 0.386. The zero-order valence-corrected chi connectivity index (χ0v) is 8.12. The molecule has 1 fully saturated rings. The first-order valence-corrected chi connectivity index (χ1v) is 5.05. The van der Waals surface area contributed by atoms with E-state index in [1.807, 2.05) is 0 Å². The van der Waals surface area contributed by atoms with Crippen LogP contribution in [0.5, 0.6) is 0 Å². The highest BCUT2D eigenvalue weighted by molar-refractivity contribution is 4.78. The number of ether oxygens (including phenoxy) is 1. The Bertz CT molecular complexity index is 125. The Kier molecular flexibility index (Phi) is 4.02. The molecule has 0 aliphatic carbocycles. The largest absolute Gasteiger partial charge is 0.393 e. The molecule has 0 amide bonds. The molecule has 72 valence electrons. The van der Waals surface area contributed by atoms with Crippen LogP contribution in [-0.4, -0.2) is 23.9 Å². The first-order valence-electron chi connectivity index (χ1n) is 5.05. The van der Waals surface area contributed by atoms with E-state index in [1.54, 1.807) is 0 Å². The molecule has 1 heterocycles. The molecule has 0 aromatic rings. The Morgan fingerprint density at radius 2 is 2.33 bits per heavy atom. The van der Waals surface area contributed by atoms with Gasteiger partial charge in [-0.1, -0.05) is 19.8 Å². The van der Waals surface area contributed by atoms with Crippen LogP contribution in [0.3, 0.4) is 0 Å². The standard InChI is InChI=1S/C10H20O2/c1-3-4-5-10(11)9-6-7-12-8(9)2/h8-11H,3-7H2,1-2H3. The molecule has 0 aromatic carbocycles. The highest BCUT2D eigenvalue weighted by Crippen LogP contribution is 2.26. The van der Waals surface area contributed by atoms with Crippen molar-refractivity contribution in [1.82, 2.24) is 0 Å². The SMILES string of the molecule is CCCCC(O)C1CCOC1C. The van der Waals surface area contributed by atoms with E-state index >= 15 is 0 Å². The van der Waals surface area contributed by atoms with Gasteiger partial charge in [0, 0.05) is 12.5 Å². The fourth-order valence-electron chi connectivity index (χ4n) is 1.88. The smallest absolute Gasteiger partial charge is 0.0600 e. The first kappa shape index (κ1) is 10.0. The van der Waals surface area contributed by atoms with Gasteiger partial charge in [-0.3, -0.25) is 0 Å². The van der Waals surface area contributed by atoms with Crippen LogP contribution in [0.4, 0.5) is 0 Å². The van der Waals surface area contributed by atoms with Crippen LogP contribution in [0.25, 0.3) is 0 Å². The molecule has 0 aromatic heterocycles. The van der Waals surface area contributed by atoms with Gasteiger partial charge in [0.1, 0.15) is 0 Å². The van der Waals surface area contributed by atoms with Gasteiger partial charge in [0.25, 0.3) is 0 Å². The number of rotatable bonds is 4. The van der Waals surface area contributed by atoms with Gasteiger partial charge in [-0.25, -0.2) is 0 Å². The molecule has 2 heteroatoms. The Hall–Kier alpha value is -0.0800. The summed E-state index contributed by atoms with van der Waals surface area (Å²) < 4.78 is 5.41. The van der Waals surface area contributed by atoms with Crippen molar-refractivity contribution in [2.45, 2.75) is 51.7 Å². The molecule has 12 heavy (non-hydrogen) atoms. The third kappa shape index (κ3) is 2.46. The Morgan fingerprint density at radius 3 is 2.83 bits per heavy atom. The summed E-state index contributed by atoms with van der Waals surface area (Å²) in [6, 6.07) is 0. The number of hydrogen-bond donors (Lipinski definition) is 1. The average Bonchev–Trinajstić information content (AvgIpc) is 2.47. The molecule has 1 saturated heterocycles. The van der Waals surface area contributed by atoms with Crippen LogP contribution in [0, 0.1) is 5.92 Å². The second-order valence-electron chi connectivity index (χ2n) is 3.74. The molecule has 0 bridgehead atoms. The van der Waals surface area contributed by atoms with Crippen molar-refractivity contribution in [3.63, 3.8) is 0 Å². The highest BCUT2D eigenvalue weighted by Gasteiger charge is 2.29. The van der Waals surface area contributed by atoms with Crippen molar-refractivity contribution in [2.24, 2.45) is 5.92 Å². The van der Waals surface area contributed by atoms with E-state index in [2.05, 4.69) is 13.8 Å². The van der Waals surface area contributed by atoms with Crippen molar-refractivity contribution in [1.29, 1.82) is 0 Å². The molecule has 1 aliphatic rings. The first-order chi connectivity index (χ1) is 5.75. The maximum atomic E-state index is 9.77. The summed E-state index contributed by atoms with van der Waals surface area (Å²) in [6.45, 7) is 5.04. The van der Waals surface area contributed by atoms with E-state index in [1.165, 1.54) is 6.42 Å². The zero-order valence-electron chi connectivity index (χ0n) is 8.12. The quantitative estimate of drug-likeness (QED) is 0.702. The van der Waals surface area contributed by atoms with Crippen LogP contribution < -0.4 is 0 Å². The van der Waals surface area contributed by atoms with E-state index in [-0.39, 0.29) is 12.2 Å². The minimum atomic E-state index is -0.137. The lowest BCUT2D eigenvalue weighted by molar-refractivity contribution is 0.0386. The normalized spacial score (nSPS) is 32.2.